The Kier molecular flexibility index (Phi) is 4.33. The molecule has 0 bridgehead atoms. The first kappa shape index (κ1) is 15.5. The van der Waals surface area contributed by atoms with Crippen molar-refractivity contribution in [3.63, 3.8) is 0 Å². The molecule has 2 heterocycles. The van der Waals surface area contributed by atoms with Crippen LogP contribution in [0.5, 0.6) is 0 Å². The normalized spacial score (nSPS) is 13.0. The van der Waals surface area contributed by atoms with Crippen molar-refractivity contribution >= 4 is 23.0 Å². The molecule has 4 N–H and O–H groups in total. The van der Waals surface area contributed by atoms with Gasteiger partial charge in [-0.25, -0.2) is 15.8 Å². The van der Waals surface area contributed by atoms with E-state index in [0.717, 1.165) is 22.0 Å². The smallest absolute Gasteiger partial charge is 0.361 e. The molecule has 1 unspecified atom stereocenters. The summed E-state index contributed by atoms with van der Waals surface area (Å²) in [6.07, 6.45) is -2.75. The molecule has 0 radical (unpaired) electrons. The van der Waals surface area contributed by atoms with Gasteiger partial charge < -0.3 is 10.7 Å². The summed E-state index contributed by atoms with van der Waals surface area (Å²) in [5, 5.41) is 3.67. The van der Waals surface area contributed by atoms with Crippen molar-refractivity contribution in [3.8, 4) is 0 Å². The van der Waals surface area contributed by atoms with Gasteiger partial charge in [-0.05, 0) is 26.0 Å². The lowest BCUT2D eigenvalue weighted by Crippen LogP contribution is -2.15. The number of hydrogen-bond donors (Lipinski definition) is 3. The maximum absolute atomic E-state index is 12.8. The van der Waals surface area contributed by atoms with Crippen molar-refractivity contribution in [2.24, 2.45) is 5.84 Å². The molecule has 0 saturated carbocycles. The molecule has 0 fully saturated rings. The van der Waals surface area contributed by atoms with Gasteiger partial charge in [0.15, 0.2) is 0 Å². The maximum atomic E-state index is 12.8. The van der Waals surface area contributed by atoms with E-state index in [9.17, 15) is 13.2 Å². The summed E-state index contributed by atoms with van der Waals surface area (Å²) in [6.45, 7) is 3.71. The number of alkyl halides is 3. The Balaban J connectivity index is 2.27. The average molecular weight is 317 g/mol. The van der Waals surface area contributed by atoms with Crippen molar-refractivity contribution in [1.82, 2.24) is 9.97 Å². The van der Waals surface area contributed by atoms with Crippen LogP contribution >= 0.6 is 11.3 Å². The third kappa shape index (κ3) is 3.82. The minimum absolute atomic E-state index is 0.0603. The second-order valence-corrected chi connectivity index (χ2v) is 5.71. The van der Waals surface area contributed by atoms with Gasteiger partial charge in [-0.2, -0.15) is 13.2 Å². The molecule has 114 valence electrons. The number of hydrogen-bond acceptors (Lipinski definition) is 6. The van der Waals surface area contributed by atoms with E-state index < -0.39 is 11.7 Å². The minimum atomic E-state index is -4.47. The molecular weight excluding hydrogens is 303 g/mol. The number of nitrogens with two attached hydrogens (primary N) is 1. The molecule has 9 heteroatoms. The van der Waals surface area contributed by atoms with Gasteiger partial charge in [0.25, 0.3) is 0 Å². The Morgan fingerprint density at radius 2 is 1.95 bits per heavy atom. The van der Waals surface area contributed by atoms with Crippen LogP contribution in [0.1, 0.15) is 28.4 Å². The standard InChI is InChI=1S/C12H14F3N5S/c1-6-5-17-11(21-6)7(2)18-9-3-8(12(13,14)15)4-10(19-9)20-16/h3-5,7H,16H2,1-2H3,(H2,18,19,20). The number of halogens is 3. The molecule has 0 aliphatic heterocycles. The molecule has 0 spiro atoms. The van der Waals surface area contributed by atoms with Crippen LogP contribution in [-0.4, -0.2) is 9.97 Å². The number of nitrogen functional groups attached to an aromatic ring is 1. The van der Waals surface area contributed by atoms with Gasteiger partial charge in [-0.15, -0.1) is 11.3 Å². The van der Waals surface area contributed by atoms with Crippen LogP contribution in [0, 0.1) is 6.92 Å². The van der Waals surface area contributed by atoms with E-state index in [-0.39, 0.29) is 17.7 Å². The number of nitrogens with zero attached hydrogens (tertiary/aromatic N) is 2. The summed E-state index contributed by atoms with van der Waals surface area (Å²) in [5.41, 5.74) is 1.31. The zero-order valence-electron chi connectivity index (χ0n) is 11.3. The highest BCUT2D eigenvalue weighted by atomic mass is 32.1. The third-order valence-corrected chi connectivity index (χ3v) is 3.77. The van der Waals surface area contributed by atoms with Crippen molar-refractivity contribution in [2.75, 3.05) is 10.7 Å². The zero-order valence-corrected chi connectivity index (χ0v) is 12.1. The first-order valence-electron chi connectivity index (χ1n) is 6.04. The molecular formula is C12H14F3N5S. The van der Waals surface area contributed by atoms with E-state index >= 15 is 0 Å². The highest BCUT2D eigenvalue weighted by Gasteiger charge is 2.31. The summed E-state index contributed by atoms with van der Waals surface area (Å²) in [5.74, 6) is 5.18. The van der Waals surface area contributed by atoms with Crippen LogP contribution in [-0.2, 0) is 6.18 Å². The Morgan fingerprint density at radius 1 is 1.29 bits per heavy atom. The van der Waals surface area contributed by atoms with Gasteiger partial charge in [-0.3, -0.25) is 0 Å². The maximum Gasteiger partial charge on any atom is 0.416 e. The number of aromatic nitrogens is 2. The molecule has 0 amide bonds. The fourth-order valence-corrected chi connectivity index (χ4v) is 2.47. The van der Waals surface area contributed by atoms with E-state index in [1.165, 1.54) is 11.3 Å². The number of aryl methyl sites for hydroxylation is 1. The Morgan fingerprint density at radius 3 is 2.48 bits per heavy atom. The molecule has 2 aromatic rings. The van der Waals surface area contributed by atoms with Gasteiger partial charge in [-0.1, -0.05) is 0 Å². The minimum Gasteiger partial charge on any atom is -0.361 e. The van der Waals surface area contributed by atoms with Crippen LogP contribution in [0.2, 0.25) is 0 Å². The van der Waals surface area contributed by atoms with Crippen molar-refractivity contribution in [3.05, 3.63) is 33.8 Å². The largest absolute Gasteiger partial charge is 0.416 e. The lowest BCUT2D eigenvalue weighted by Gasteiger charge is -2.15. The molecule has 1 atom stereocenters. The van der Waals surface area contributed by atoms with Crippen LogP contribution in [0.15, 0.2) is 18.3 Å². The van der Waals surface area contributed by atoms with Crippen molar-refractivity contribution < 1.29 is 13.2 Å². The predicted octanol–water partition coefficient (Wildman–Crippen LogP) is 3.32. The van der Waals surface area contributed by atoms with Gasteiger partial charge in [0.05, 0.1) is 11.6 Å². The Bertz CT molecular complexity index is 626. The Labute approximate surface area is 123 Å². The number of pyridine rings is 1. The predicted molar refractivity (Wildman–Crippen MR) is 75.9 cm³/mol. The molecule has 2 aromatic heterocycles. The molecule has 21 heavy (non-hydrogen) atoms. The lowest BCUT2D eigenvalue weighted by atomic mass is 10.2. The monoisotopic (exact) mass is 317 g/mol. The Hall–Kier alpha value is -1.87. The SMILES string of the molecule is Cc1cnc(C(C)Nc2cc(C(F)(F)F)cc(NN)n2)s1. The van der Waals surface area contributed by atoms with Gasteiger partial charge >= 0.3 is 6.18 Å². The van der Waals surface area contributed by atoms with E-state index in [4.69, 9.17) is 5.84 Å². The second-order valence-electron chi connectivity index (χ2n) is 4.44. The topological polar surface area (TPSA) is 75.9 Å². The summed E-state index contributed by atoms with van der Waals surface area (Å²) >= 11 is 1.47. The van der Waals surface area contributed by atoms with E-state index in [2.05, 4.69) is 20.7 Å². The van der Waals surface area contributed by atoms with E-state index in [1.54, 1.807) is 13.1 Å². The molecule has 0 saturated heterocycles. The number of thiazole rings is 1. The quantitative estimate of drug-likeness (QED) is 0.596. The number of hydrazine groups is 1. The van der Waals surface area contributed by atoms with Crippen molar-refractivity contribution in [1.29, 1.82) is 0 Å². The second kappa shape index (κ2) is 5.86. The van der Waals surface area contributed by atoms with Crippen LogP contribution in [0.4, 0.5) is 24.8 Å². The molecule has 5 nitrogen and oxygen atoms in total. The van der Waals surface area contributed by atoms with Gasteiger partial charge in [0, 0.05) is 11.1 Å². The van der Waals surface area contributed by atoms with E-state index in [1.807, 2.05) is 6.92 Å². The fourth-order valence-electron chi connectivity index (χ4n) is 1.70. The number of nitrogens with one attached hydrogen (secondary N) is 2. The lowest BCUT2D eigenvalue weighted by molar-refractivity contribution is -0.137. The van der Waals surface area contributed by atoms with Gasteiger partial charge in [0.2, 0.25) is 0 Å². The fraction of sp³-hybridized carbons (Fsp3) is 0.333. The summed E-state index contributed by atoms with van der Waals surface area (Å²) < 4.78 is 38.4. The molecule has 0 aromatic carbocycles. The number of rotatable bonds is 4. The van der Waals surface area contributed by atoms with Gasteiger partial charge in [0.1, 0.15) is 16.6 Å². The summed E-state index contributed by atoms with van der Waals surface area (Å²) in [7, 11) is 0. The molecule has 2 rings (SSSR count). The molecule has 0 aliphatic rings. The van der Waals surface area contributed by atoms with E-state index in [0.29, 0.717) is 0 Å². The van der Waals surface area contributed by atoms with Crippen LogP contribution < -0.4 is 16.6 Å². The summed E-state index contributed by atoms with van der Waals surface area (Å²) in [4.78, 5) is 9.19. The first-order valence-corrected chi connectivity index (χ1v) is 6.86. The first-order chi connectivity index (χ1) is 9.79. The highest BCUT2D eigenvalue weighted by Crippen LogP contribution is 2.33. The van der Waals surface area contributed by atoms with Crippen molar-refractivity contribution in [2.45, 2.75) is 26.1 Å². The zero-order chi connectivity index (χ0) is 15.6. The summed E-state index contributed by atoms with van der Waals surface area (Å²) in [6, 6.07) is 1.53. The number of anilines is 2. The highest BCUT2D eigenvalue weighted by molar-refractivity contribution is 7.11. The average Bonchev–Trinajstić information content (AvgIpc) is 2.84. The van der Waals surface area contributed by atoms with Crippen LogP contribution in [0.25, 0.3) is 0 Å². The third-order valence-electron chi connectivity index (χ3n) is 2.67. The van der Waals surface area contributed by atoms with Crippen LogP contribution in [0.3, 0.4) is 0 Å². The molecule has 0 aliphatic carbocycles.